The first kappa shape index (κ1) is 10.7. The number of nitrogens with two attached hydrogens (primary N) is 1. The van der Waals surface area contributed by atoms with Crippen LogP contribution in [0.4, 0.5) is 0 Å². The van der Waals surface area contributed by atoms with E-state index in [1.165, 1.54) is 12.4 Å². The van der Waals surface area contributed by atoms with Crippen LogP contribution in [0.2, 0.25) is 0 Å². The van der Waals surface area contributed by atoms with E-state index in [9.17, 15) is 4.79 Å². The van der Waals surface area contributed by atoms with Crippen molar-refractivity contribution in [3.05, 3.63) is 11.8 Å². The van der Waals surface area contributed by atoms with Gasteiger partial charge in [0, 0.05) is 32.6 Å². The third kappa shape index (κ3) is 2.56. The van der Waals surface area contributed by atoms with Crippen molar-refractivity contribution in [2.75, 3.05) is 33.4 Å². The summed E-state index contributed by atoms with van der Waals surface area (Å²) in [7, 11) is 1.61. The summed E-state index contributed by atoms with van der Waals surface area (Å²) in [6.45, 7) is 2.42. The summed E-state index contributed by atoms with van der Waals surface area (Å²) >= 11 is 0. The third-order valence-electron chi connectivity index (χ3n) is 1.99. The minimum atomic E-state index is -0.0820. The maximum atomic E-state index is 11.8. The maximum absolute atomic E-state index is 11.8. The van der Waals surface area contributed by atoms with Crippen molar-refractivity contribution in [1.82, 2.24) is 4.90 Å². The molecular formula is C9H15N3O2. The number of hydrogen-bond acceptors (Lipinski definition) is 4. The van der Waals surface area contributed by atoms with Crippen LogP contribution in [-0.4, -0.2) is 50.4 Å². The number of carbonyl (C=O) groups is 1. The lowest BCUT2D eigenvalue weighted by Gasteiger charge is -2.26. The second-order valence-corrected chi connectivity index (χ2v) is 2.91. The van der Waals surface area contributed by atoms with Gasteiger partial charge in [-0.15, -0.1) is 0 Å². The van der Waals surface area contributed by atoms with Crippen LogP contribution in [0.15, 0.2) is 16.8 Å². The lowest BCUT2D eigenvalue weighted by Crippen LogP contribution is -2.41. The first-order valence-corrected chi connectivity index (χ1v) is 4.50. The highest BCUT2D eigenvalue weighted by molar-refractivity contribution is 6.11. The zero-order valence-electron chi connectivity index (χ0n) is 8.27. The van der Waals surface area contributed by atoms with E-state index in [0.717, 1.165) is 0 Å². The normalized spacial score (nSPS) is 18.9. The molecular weight excluding hydrogens is 182 g/mol. The highest BCUT2D eigenvalue weighted by Gasteiger charge is 2.18. The first-order valence-electron chi connectivity index (χ1n) is 4.50. The standard InChI is InChI=1S/C9H15N3O2/c1-11-7-8(6-10)9(13)12-2-4-14-5-3-12/h6-7H,2-5,10H2,1H3. The monoisotopic (exact) mass is 197 g/mol. The minimum absolute atomic E-state index is 0.0820. The van der Waals surface area contributed by atoms with E-state index in [1.807, 2.05) is 0 Å². The van der Waals surface area contributed by atoms with Crippen molar-refractivity contribution in [3.8, 4) is 0 Å². The number of hydrogen-bond donors (Lipinski definition) is 1. The van der Waals surface area contributed by atoms with Gasteiger partial charge in [0.2, 0.25) is 0 Å². The molecule has 0 atom stereocenters. The van der Waals surface area contributed by atoms with E-state index in [4.69, 9.17) is 10.5 Å². The number of rotatable bonds is 2. The zero-order valence-corrected chi connectivity index (χ0v) is 8.27. The van der Waals surface area contributed by atoms with E-state index in [1.54, 1.807) is 11.9 Å². The van der Waals surface area contributed by atoms with Crippen molar-refractivity contribution in [2.24, 2.45) is 10.7 Å². The summed E-state index contributed by atoms with van der Waals surface area (Å²) in [5.74, 6) is -0.0820. The Morgan fingerprint density at radius 3 is 2.64 bits per heavy atom. The molecule has 1 rings (SSSR count). The van der Waals surface area contributed by atoms with E-state index in [0.29, 0.717) is 31.9 Å². The van der Waals surface area contributed by atoms with Crippen LogP contribution < -0.4 is 5.73 Å². The number of ether oxygens (including phenoxy) is 1. The van der Waals surface area contributed by atoms with Crippen molar-refractivity contribution >= 4 is 12.1 Å². The Balaban J connectivity index is 2.62. The molecule has 0 aromatic rings. The molecule has 1 saturated heterocycles. The molecule has 2 N–H and O–H groups in total. The second-order valence-electron chi connectivity index (χ2n) is 2.91. The Bertz CT molecular complexity index is 255. The molecule has 0 saturated carbocycles. The average molecular weight is 197 g/mol. The molecule has 1 fully saturated rings. The molecule has 78 valence electrons. The predicted octanol–water partition coefficient (Wildman–Crippen LogP) is -0.612. The largest absolute Gasteiger partial charge is 0.404 e. The van der Waals surface area contributed by atoms with Crippen molar-refractivity contribution < 1.29 is 9.53 Å². The second kappa shape index (κ2) is 5.39. The van der Waals surface area contributed by atoms with E-state index < -0.39 is 0 Å². The van der Waals surface area contributed by atoms with Gasteiger partial charge in [-0.25, -0.2) is 0 Å². The number of aliphatic imine (C=N–C) groups is 1. The molecule has 1 aliphatic heterocycles. The Labute approximate surface area is 83.2 Å². The minimum Gasteiger partial charge on any atom is -0.404 e. The fraction of sp³-hybridized carbons (Fsp3) is 0.556. The summed E-state index contributed by atoms with van der Waals surface area (Å²) in [4.78, 5) is 17.2. The fourth-order valence-electron chi connectivity index (χ4n) is 1.26. The van der Waals surface area contributed by atoms with Crippen LogP contribution in [0.1, 0.15) is 0 Å². The van der Waals surface area contributed by atoms with Gasteiger partial charge in [-0.1, -0.05) is 0 Å². The molecule has 14 heavy (non-hydrogen) atoms. The van der Waals surface area contributed by atoms with Crippen LogP contribution >= 0.6 is 0 Å². The van der Waals surface area contributed by atoms with Crippen LogP contribution in [0.3, 0.4) is 0 Å². The summed E-state index contributed by atoms with van der Waals surface area (Å²) in [5, 5.41) is 0. The Morgan fingerprint density at radius 2 is 2.14 bits per heavy atom. The molecule has 0 aromatic carbocycles. The summed E-state index contributed by atoms with van der Waals surface area (Å²) in [5.41, 5.74) is 5.76. The molecule has 5 nitrogen and oxygen atoms in total. The van der Waals surface area contributed by atoms with Crippen molar-refractivity contribution in [2.45, 2.75) is 0 Å². The van der Waals surface area contributed by atoms with Gasteiger partial charge in [-0.2, -0.15) is 0 Å². The van der Waals surface area contributed by atoms with E-state index in [2.05, 4.69) is 4.99 Å². The third-order valence-corrected chi connectivity index (χ3v) is 1.99. The fourth-order valence-corrected chi connectivity index (χ4v) is 1.26. The summed E-state index contributed by atoms with van der Waals surface area (Å²) in [6, 6.07) is 0. The molecule has 5 heteroatoms. The van der Waals surface area contributed by atoms with Crippen molar-refractivity contribution in [3.63, 3.8) is 0 Å². The van der Waals surface area contributed by atoms with Gasteiger partial charge >= 0.3 is 0 Å². The average Bonchev–Trinajstić information content (AvgIpc) is 2.26. The molecule has 0 bridgehead atoms. The van der Waals surface area contributed by atoms with E-state index in [-0.39, 0.29) is 5.91 Å². The quantitative estimate of drug-likeness (QED) is 0.474. The Morgan fingerprint density at radius 1 is 1.50 bits per heavy atom. The topological polar surface area (TPSA) is 67.9 Å². The van der Waals surface area contributed by atoms with Crippen LogP contribution in [0.5, 0.6) is 0 Å². The van der Waals surface area contributed by atoms with Gasteiger partial charge in [-0.05, 0) is 0 Å². The summed E-state index contributed by atoms with van der Waals surface area (Å²) in [6.07, 6.45) is 2.75. The molecule has 1 aliphatic rings. The maximum Gasteiger partial charge on any atom is 0.257 e. The molecule has 0 aliphatic carbocycles. The van der Waals surface area contributed by atoms with Gasteiger partial charge in [0.1, 0.15) is 0 Å². The first-order chi connectivity index (χ1) is 6.79. The van der Waals surface area contributed by atoms with Gasteiger partial charge < -0.3 is 15.4 Å². The number of morpholine rings is 1. The van der Waals surface area contributed by atoms with Crippen LogP contribution in [0.25, 0.3) is 0 Å². The zero-order chi connectivity index (χ0) is 10.4. The van der Waals surface area contributed by atoms with Gasteiger partial charge in [0.25, 0.3) is 5.91 Å². The molecule has 0 unspecified atom stereocenters. The molecule has 0 spiro atoms. The van der Waals surface area contributed by atoms with E-state index >= 15 is 0 Å². The van der Waals surface area contributed by atoms with Crippen molar-refractivity contribution in [1.29, 1.82) is 0 Å². The van der Waals surface area contributed by atoms with Crippen LogP contribution in [-0.2, 0) is 9.53 Å². The lowest BCUT2D eigenvalue weighted by molar-refractivity contribution is -0.130. The number of amides is 1. The highest BCUT2D eigenvalue weighted by atomic mass is 16.5. The Kier molecular flexibility index (Phi) is 4.12. The predicted molar refractivity (Wildman–Crippen MR) is 54.1 cm³/mol. The van der Waals surface area contributed by atoms with Gasteiger partial charge in [0.15, 0.2) is 0 Å². The SMILES string of the molecule is CN=CC(=CN)C(=O)N1CCOCC1. The Hall–Kier alpha value is -1.36. The smallest absolute Gasteiger partial charge is 0.257 e. The molecule has 1 amide bonds. The highest BCUT2D eigenvalue weighted by Crippen LogP contribution is 2.02. The summed E-state index contributed by atoms with van der Waals surface area (Å²) < 4.78 is 5.14. The molecule has 0 radical (unpaired) electrons. The molecule has 1 heterocycles. The van der Waals surface area contributed by atoms with Gasteiger partial charge in [0.05, 0.1) is 18.8 Å². The molecule has 0 aromatic heterocycles. The van der Waals surface area contributed by atoms with Gasteiger partial charge in [-0.3, -0.25) is 9.79 Å². The van der Waals surface area contributed by atoms with Crippen LogP contribution in [0, 0.1) is 0 Å². The lowest BCUT2D eigenvalue weighted by atomic mass is 10.2. The number of carbonyl (C=O) groups excluding carboxylic acids is 1. The number of nitrogens with zero attached hydrogens (tertiary/aromatic N) is 2.